The van der Waals surface area contributed by atoms with Crippen molar-refractivity contribution >= 4 is 23.2 Å². The lowest BCUT2D eigenvalue weighted by Crippen LogP contribution is -2.39. The number of furan rings is 1. The van der Waals surface area contributed by atoms with Crippen LogP contribution < -0.4 is 4.74 Å². The minimum absolute atomic E-state index is 0.0621. The van der Waals surface area contributed by atoms with Gasteiger partial charge < -0.3 is 19.2 Å². The minimum atomic E-state index is -1.04. The quantitative estimate of drug-likeness (QED) is 0.487. The topological polar surface area (TPSA) is 92.9 Å². The standard InChI is InChI=1S/C24H26N2O5S/c1-16-21(22(27)28)25-20(32-16)14-26(12-3-4-17-9-13-31-15-17)23(29)24(10-11-24)18-5-7-19(30-2)8-6-18/h5-9,13,15H,3-4,10-12,14H2,1-2H3,(H,27,28). The first-order valence-electron chi connectivity index (χ1n) is 10.6. The second-order valence-corrected chi connectivity index (χ2v) is 9.38. The molecule has 2 aromatic heterocycles. The van der Waals surface area contributed by atoms with E-state index in [1.165, 1.54) is 11.3 Å². The SMILES string of the molecule is COc1ccc(C2(C(=O)N(CCCc3ccoc3)Cc3nc(C(=O)O)c(C)s3)CC2)cc1. The molecule has 32 heavy (non-hydrogen) atoms. The van der Waals surface area contributed by atoms with Crippen LogP contribution in [0.4, 0.5) is 0 Å². The Kier molecular flexibility index (Phi) is 6.32. The summed E-state index contributed by atoms with van der Waals surface area (Å²) in [5.41, 5.74) is 1.62. The molecule has 1 aromatic carbocycles. The zero-order valence-electron chi connectivity index (χ0n) is 18.2. The number of carboxylic acids is 1. The fourth-order valence-electron chi connectivity index (χ4n) is 4.01. The number of carboxylic acid groups (broad SMARTS) is 1. The molecule has 8 heteroatoms. The highest BCUT2D eigenvalue weighted by Gasteiger charge is 2.53. The molecule has 7 nitrogen and oxygen atoms in total. The van der Waals surface area contributed by atoms with E-state index < -0.39 is 11.4 Å². The molecule has 0 aliphatic heterocycles. The van der Waals surface area contributed by atoms with Crippen molar-refractivity contribution in [1.29, 1.82) is 0 Å². The number of carbonyl (C=O) groups excluding carboxylic acids is 1. The zero-order chi connectivity index (χ0) is 22.7. The Morgan fingerprint density at radius 2 is 2.00 bits per heavy atom. The van der Waals surface area contributed by atoms with Crippen molar-refractivity contribution in [2.24, 2.45) is 0 Å². The summed E-state index contributed by atoms with van der Waals surface area (Å²) < 4.78 is 10.4. The number of hydrogen-bond donors (Lipinski definition) is 1. The molecule has 4 rings (SSSR count). The van der Waals surface area contributed by atoms with Crippen LogP contribution in [0.3, 0.4) is 0 Å². The summed E-state index contributed by atoms with van der Waals surface area (Å²) >= 11 is 1.33. The molecule has 0 spiro atoms. The van der Waals surface area contributed by atoms with E-state index in [-0.39, 0.29) is 11.6 Å². The molecule has 3 aromatic rings. The van der Waals surface area contributed by atoms with Crippen LogP contribution in [-0.2, 0) is 23.2 Å². The summed E-state index contributed by atoms with van der Waals surface area (Å²) in [7, 11) is 1.62. The highest BCUT2D eigenvalue weighted by Crippen LogP contribution is 2.50. The number of carbonyl (C=O) groups is 2. The van der Waals surface area contributed by atoms with E-state index in [1.807, 2.05) is 35.2 Å². The van der Waals surface area contributed by atoms with Gasteiger partial charge in [-0.05, 0) is 61.9 Å². The van der Waals surface area contributed by atoms with E-state index in [2.05, 4.69) is 4.98 Å². The highest BCUT2D eigenvalue weighted by molar-refractivity contribution is 7.11. The van der Waals surface area contributed by atoms with Gasteiger partial charge in [0.15, 0.2) is 5.69 Å². The van der Waals surface area contributed by atoms with Gasteiger partial charge in [0.05, 0.1) is 31.6 Å². The van der Waals surface area contributed by atoms with Gasteiger partial charge in [-0.2, -0.15) is 0 Å². The third kappa shape index (κ3) is 4.55. The monoisotopic (exact) mass is 454 g/mol. The fraction of sp³-hybridized carbons (Fsp3) is 0.375. The molecule has 1 aliphatic carbocycles. The predicted octanol–water partition coefficient (Wildman–Crippen LogP) is 4.44. The summed E-state index contributed by atoms with van der Waals surface area (Å²) in [6.07, 6.45) is 6.54. The second kappa shape index (κ2) is 9.16. The van der Waals surface area contributed by atoms with Gasteiger partial charge in [-0.15, -0.1) is 11.3 Å². The predicted molar refractivity (Wildman–Crippen MR) is 120 cm³/mol. The smallest absolute Gasteiger partial charge is 0.355 e. The molecule has 1 fully saturated rings. The van der Waals surface area contributed by atoms with E-state index in [9.17, 15) is 14.7 Å². The highest BCUT2D eigenvalue weighted by atomic mass is 32.1. The summed E-state index contributed by atoms with van der Waals surface area (Å²) in [6, 6.07) is 9.62. The number of hydrogen-bond acceptors (Lipinski definition) is 6. The molecule has 1 saturated carbocycles. The van der Waals surface area contributed by atoms with Crippen LogP contribution in [0.15, 0.2) is 47.3 Å². The van der Waals surface area contributed by atoms with E-state index in [0.29, 0.717) is 23.0 Å². The summed E-state index contributed by atoms with van der Waals surface area (Å²) in [5.74, 6) is -0.215. The average molecular weight is 455 g/mol. The largest absolute Gasteiger partial charge is 0.497 e. The first kappa shape index (κ1) is 22.1. The van der Waals surface area contributed by atoms with Gasteiger partial charge in [0, 0.05) is 11.4 Å². The molecule has 0 atom stereocenters. The van der Waals surface area contributed by atoms with E-state index in [1.54, 1.807) is 26.6 Å². The molecule has 168 valence electrons. The lowest BCUT2D eigenvalue weighted by molar-refractivity contribution is -0.134. The minimum Gasteiger partial charge on any atom is -0.497 e. The Hall–Kier alpha value is -3.13. The van der Waals surface area contributed by atoms with Crippen molar-refractivity contribution in [3.05, 3.63) is 69.6 Å². The Balaban J connectivity index is 1.55. The number of amides is 1. The molecule has 0 radical (unpaired) electrons. The number of ether oxygens (including phenoxy) is 1. The zero-order valence-corrected chi connectivity index (χ0v) is 19.0. The van der Waals surface area contributed by atoms with Crippen molar-refractivity contribution in [3.63, 3.8) is 0 Å². The normalized spacial score (nSPS) is 14.2. The number of thiazole rings is 1. The molecule has 1 aliphatic rings. The van der Waals surface area contributed by atoms with Crippen LogP contribution in [0.25, 0.3) is 0 Å². The van der Waals surface area contributed by atoms with Crippen LogP contribution in [0.5, 0.6) is 5.75 Å². The lowest BCUT2D eigenvalue weighted by atomic mass is 9.94. The van der Waals surface area contributed by atoms with Gasteiger partial charge >= 0.3 is 5.97 Å². The molecule has 0 bridgehead atoms. The Labute approximate surface area is 190 Å². The molecule has 1 amide bonds. The third-order valence-electron chi connectivity index (χ3n) is 5.93. The summed E-state index contributed by atoms with van der Waals surface area (Å²) in [5, 5.41) is 9.99. The number of aromatic nitrogens is 1. The van der Waals surface area contributed by atoms with Crippen molar-refractivity contribution in [2.75, 3.05) is 13.7 Å². The van der Waals surface area contributed by atoms with Crippen LogP contribution in [0.2, 0.25) is 0 Å². The van der Waals surface area contributed by atoms with E-state index in [0.717, 1.165) is 42.6 Å². The molecule has 0 saturated heterocycles. The van der Waals surface area contributed by atoms with Crippen LogP contribution in [0.1, 0.15) is 50.8 Å². The average Bonchev–Trinajstić information content (AvgIpc) is 3.26. The van der Waals surface area contributed by atoms with Crippen molar-refractivity contribution < 1.29 is 23.8 Å². The van der Waals surface area contributed by atoms with Gasteiger partial charge in [-0.3, -0.25) is 4.79 Å². The van der Waals surface area contributed by atoms with E-state index in [4.69, 9.17) is 9.15 Å². The summed E-state index contributed by atoms with van der Waals surface area (Å²) in [6.45, 7) is 2.61. The van der Waals surface area contributed by atoms with Gasteiger partial charge in [-0.1, -0.05) is 12.1 Å². The first-order chi connectivity index (χ1) is 15.4. The summed E-state index contributed by atoms with van der Waals surface area (Å²) in [4.78, 5) is 31.9. The van der Waals surface area contributed by atoms with Gasteiger partial charge in [0.1, 0.15) is 10.8 Å². The number of aromatic carboxylic acids is 1. The number of methoxy groups -OCH3 is 1. The van der Waals surface area contributed by atoms with Crippen LogP contribution in [-0.4, -0.2) is 40.5 Å². The van der Waals surface area contributed by atoms with Gasteiger partial charge in [0.2, 0.25) is 5.91 Å². The first-order valence-corrected chi connectivity index (χ1v) is 11.4. The number of benzene rings is 1. The maximum Gasteiger partial charge on any atom is 0.355 e. The van der Waals surface area contributed by atoms with Gasteiger partial charge in [0.25, 0.3) is 0 Å². The van der Waals surface area contributed by atoms with Crippen LogP contribution in [0, 0.1) is 6.92 Å². The van der Waals surface area contributed by atoms with Crippen LogP contribution >= 0.6 is 11.3 Å². The maximum atomic E-state index is 13.7. The number of rotatable bonds is 10. The molecule has 1 N–H and O–H groups in total. The van der Waals surface area contributed by atoms with Crippen molar-refractivity contribution in [2.45, 2.75) is 44.6 Å². The lowest BCUT2D eigenvalue weighted by Gasteiger charge is -2.27. The number of nitrogens with zero attached hydrogens (tertiary/aromatic N) is 2. The Bertz CT molecular complexity index is 1080. The molecular weight excluding hydrogens is 428 g/mol. The molecular formula is C24H26N2O5S. The van der Waals surface area contributed by atoms with E-state index >= 15 is 0 Å². The maximum absolute atomic E-state index is 13.7. The van der Waals surface area contributed by atoms with Crippen molar-refractivity contribution in [1.82, 2.24) is 9.88 Å². The molecule has 0 unspecified atom stereocenters. The number of aryl methyl sites for hydroxylation is 2. The Morgan fingerprint density at radius 3 is 2.56 bits per heavy atom. The third-order valence-corrected chi connectivity index (χ3v) is 6.89. The van der Waals surface area contributed by atoms with Gasteiger partial charge in [-0.25, -0.2) is 9.78 Å². The fourth-order valence-corrected chi connectivity index (χ4v) is 4.95. The molecule has 2 heterocycles. The van der Waals surface area contributed by atoms with Crippen molar-refractivity contribution in [3.8, 4) is 5.75 Å². The second-order valence-electron chi connectivity index (χ2n) is 8.09. The Morgan fingerprint density at radius 1 is 1.25 bits per heavy atom.